The molecule has 0 spiro atoms. The molecule has 1 aromatic heterocycles. The van der Waals surface area contributed by atoms with Crippen LogP contribution in [0.3, 0.4) is 0 Å². The van der Waals surface area contributed by atoms with Gasteiger partial charge >= 0.3 is 0 Å². The monoisotopic (exact) mass is 251 g/mol. The molecule has 0 bridgehead atoms. The molecule has 0 aliphatic carbocycles. The third-order valence-electron chi connectivity index (χ3n) is 2.67. The molecule has 0 radical (unpaired) electrons. The van der Waals surface area contributed by atoms with Crippen LogP contribution < -0.4 is 0 Å². The van der Waals surface area contributed by atoms with Gasteiger partial charge in [-0.1, -0.05) is 18.2 Å². The second kappa shape index (κ2) is 4.00. The molecule has 1 heterocycles. The predicted octanol–water partition coefficient (Wildman–Crippen LogP) is 2.04. The molecule has 0 N–H and O–H groups in total. The van der Waals surface area contributed by atoms with Crippen molar-refractivity contribution in [2.24, 2.45) is 0 Å². The number of para-hydroxylation sites is 1. The first kappa shape index (κ1) is 11.9. The highest BCUT2D eigenvalue weighted by molar-refractivity contribution is 7.90. The lowest BCUT2D eigenvalue weighted by molar-refractivity contribution is 0.101. The van der Waals surface area contributed by atoms with E-state index < -0.39 is 10.0 Å². The van der Waals surface area contributed by atoms with Gasteiger partial charge in [-0.25, -0.2) is 12.4 Å². The Labute approximate surface area is 99.9 Å². The van der Waals surface area contributed by atoms with Crippen LogP contribution in [0, 0.1) is 0 Å². The van der Waals surface area contributed by atoms with Crippen LogP contribution in [0.4, 0.5) is 0 Å². The van der Waals surface area contributed by atoms with Crippen molar-refractivity contribution in [3.63, 3.8) is 0 Å². The molecule has 0 aliphatic rings. The first-order chi connectivity index (χ1) is 7.97. The van der Waals surface area contributed by atoms with Crippen molar-refractivity contribution in [1.82, 2.24) is 3.97 Å². The van der Waals surface area contributed by atoms with Crippen molar-refractivity contribution in [3.8, 4) is 0 Å². The van der Waals surface area contributed by atoms with E-state index in [1.165, 1.54) is 6.92 Å². The third kappa shape index (κ3) is 1.86. The second-order valence-electron chi connectivity index (χ2n) is 3.81. The number of aromatic nitrogens is 1. The fourth-order valence-corrected chi connectivity index (χ4v) is 3.01. The van der Waals surface area contributed by atoms with Gasteiger partial charge in [0.15, 0.2) is 5.78 Å². The highest BCUT2D eigenvalue weighted by Crippen LogP contribution is 2.22. The van der Waals surface area contributed by atoms with Crippen LogP contribution in [0.15, 0.2) is 30.3 Å². The maximum Gasteiger partial charge on any atom is 0.239 e. The van der Waals surface area contributed by atoms with E-state index in [0.717, 1.165) is 9.36 Å². The Kier molecular flexibility index (Phi) is 2.79. The van der Waals surface area contributed by atoms with Crippen LogP contribution in [0.1, 0.15) is 24.3 Å². The molecule has 2 rings (SSSR count). The second-order valence-corrected chi connectivity index (χ2v) is 5.92. The van der Waals surface area contributed by atoms with Crippen LogP contribution in [0.2, 0.25) is 0 Å². The summed E-state index contributed by atoms with van der Waals surface area (Å²) in [5.41, 5.74) is 0.771. The summed E-state index contributed by atoms with van der Waals surface area (Å²) in [6.07, 6.45) is 0. The van der Waals surface area contributed by atoms with Gasteiger partial charge in [0, 0.05) is 12.3 Å². The highest BCUT2D eigenvalue weighted by atomic mass is 32.2. The summed E-state index contributed by atoms with van der Waals surface area (Å²) >= 11 is 0. The van der Waals surface area contributed by atoms with E-state index in [0.29, 0.717) is 5.52 Å². The molecule has 1 aromatic carbocycles. The zero-order valence-electron chi connectivity index (χ0n) is 9.67. The minimum atomic E-state index is -3.46. The lowest BCUT2D eigenvalue weighted by atomic mass is 10.2. The Hall–Kier alpha value is -1.62. The van der Waals surface area contributed by atoms with Gasteiger partial charge in [-0.05, 0) is 19.1 Å². The molecule has 0 saturated heterocycles. The Morgan fingerprint density at radius 2 is 1.94 bits per heavy atom. The zero-order valence-corrected chi connectivity index (χ0v) is 10.5. The number of carbonyl (C=O) groups is 1. The number of benzene rings is 1. The fourth-order valence-electron chi connectivity index (χ4n) is 1.80. The van der Waals surface area contributed by atoms with Crippen LogP contribution in [-0.4, -0.2) is 23.9 Å². The Balaban J connectivity index is 2.92. The van der Waals surface area contributed by atoms with E-state index in [2.05, 4.69) is 0 Å². The maximum atomic E-state index is 12.0. The standard InChI is InChI=1S/C12H13NO3S/c1-3-17(15,16)13-11-7-5-4-6-10(11)8-12(13)9(2)14/h4-8H,3H2,1-2H3. The average molecular weight is 251 g/mol. The van der Waals surface area contributed by atoms with Crippen molar-refractivity contribution in [1.29, 1.82) is 0 Å². The number of fused-ring (bicyclic) bond motifs is 1. The average Bonchev–Trinajstić information content (AvgIpc) is 2.69. The molecular weight excluding hydrogens is 238 g/mol. The summed E-state index contributed by atoms with van der Waals surface area (Å²) in [7, 11) is -3.46. The van der Waals surface area contributed by atoms with E-state index in [-0.39, 0.29) is 17.2 Å². The minimum absolute atomic E-state index is 0.0358. The molecule has 0 unspecified atom stereocenters. The summed E-state index contributed by atoms with van der Waals surface area (Å²) in [6, 6.07) is 8.69. The molecule has 0 fully saturated rings. The van der Waals surface area contributed by atoms with Crippen molar-refractivity contribution in [3.05, 3.63) is 36.0 Å². The number of Topliss-reactive ketones (excluding diaryl/α,β-unsaturated/α-hetero) is 1. The van der Waals surface area contributed by atoms with Crippen molar-refractivity contribution in [2.75, 3.05) is 5.75 Å². The van der Waals surface area contributed by atoms with Gasteiger partial charge in [0.25, 0.3) is 0 Å². The molecule has 0 saturated carbocycles. The lowest BCUT2D eigenvalue weighted by Crippen LogP contribution is -2.18. The van der Waals surface area contributed by atoms with Crippen molar-refractivity contribution < 1.29 is 13.2 Å². The number of ketones is 1. The van der Waals surface area contributed by atoms with E-state index in [1.54, 1.807) is 31.2 Å². The topological polar surface area (TPSA) is 56.1 Å². The van der Waals surface area contributed by atoms with E-state index in [1.807, 2.05) is 6.07 Å². The molecule has 17 heavy (non-hydrogen) atoms. The molecule has 0 atom stereocenters. The van der Waals surface area contributed by atoms with E-state index >= 15 is 0 Å². The number of rotatable bonds is 3. The first-order valence-corrected chi connectivity index (χ1v) is 6.93. The quantitative estimate of drug-likeness (QED) is 0.784. The van der Waals surface area contributed by atoms with Crippen LogP contribution in [-0.2, 0) is 10.0 Å². The molecule has 0 aliphatic heterocycles. The SMILES string of the molecule is CCS(=O)(=O)n1c(C(C)=O)cc2ccccc21. The fraction of sp³-hybridized carbons (Fsp3) is 0.250. The van der Waals surface area contributed by atoms with Crippen LogP contribution >= 0.6 is 0 Å². The Bertz CT molecular complexity index is 683. The van der Waals surface area contributed by atoms with Gasteiger partial charge in [0.1, 0.15) is 5.69 Å². The molecule has 0 amide bonds. The van der Waals surface area contributed by atoms with Gasteiger partial charge in [-0.3, -0.25) is 4.79 Å². The Morgan fingerprint density at radius 1 is 1.29 bits per heavy atom. The summed E-state index contributed by atoms with van der Waals surface area (Å²) in [4.78, 5) is 11.5. The lowest BCUT2D eigenvalue weighted by Gasteiger charge is -2.07. The first-order valence-electron chi connectivity index (χ1n) is 5.32. The van der Waals surface area contributed by atoms with Crippen LogP contribution in [0.25, 0.3) is 10.9 Å². The summed E-state index contributed by atoms with van der Waals surface area (Å²) in [5.74, 6) is -0.287. The van der Waals surface area contributed by atoms with E-state index in [9.17, 15) is 13.2 Å². The zero-order chi connectivity index (χ0) is 12.6. The van der Waals surface area contributed by atoms with Crippen LogP contribution in [0.5, 0.6) is 0 Å². The van der Waals surface area contributed by atoms with Gasteiger partial charge < -0.3 is 0 Å². The summed E-state index contributed by atoms with van der Waals surface area (Å²) < 4.78 is 25.2. The van der Waals surface area contributed by atoms with Crippen molar-refractivity contribution in [2.45, 2.75) is 13.8 Å². The van der Waals surface area contributed by atoms with Crippen molar-refractivity contribution >= 4 is 26.7 Å². The molecule has 90 valence electrons. The summed E-state index contributed by atoms with van der Waals surface area (Å²) in [6.45, 7) is 2.93. The third-order valence-corrected chi connectivity index (χ3v) is 4.35. The molecular formula is C12H13NO3S. The minimum Gasteiger partial charge on any atom is -0.293 e. The number of hydrogen-bond acceptors (Lipinski definition) is 3. The maximum absolute atomic E-state index is 12.0. The smallest absolute Gasteiger partial charge is 0.239 e. The van der Waals surface area contributed by atoms with Gasteiger partial charge in [0.2, 0.25) is 10.0 Å². The molecule has 2 aromatic rings. The van der Waals surface area contributed by atoms with Gasteiger partial charge in [0.05, 0.1) is 11.3 Å². The molecule has 5 heteroatoms. The Morgan fingerprint density at radius 3 is 2.53 bits per heavy atom. The van der Waals surface area contributed by atoms with Gasteiger partial charge in [-0.2, -0.15) is 0 Å². The van der Waals surface area contributed by atoms with Gasteiger partial charge in [-0.15, -0.1) is 0 Å². The summed E-state index contributed by atoms with van der Waals surface area (Å²) in [5, 5.41) is 0.759. The normalized spacial score (nSPS) is 11.9. The number of carbonyl (C=O) groups excluding carboxylic acids is 1. The predicted molar refractivity (Wildman–Crippen MR) is 66.8 cm³/mol. The molecule has 4 nitrogen and oxygen atoms in total. The number of nitrogens with zero attached hydrogens (tertiary/aromatic N) is 1. The number of hydrogen-bond donors (Lipinski definition) is 0. The largest absolute Gasteiger partial charge is 0.293 e. The highest BCUT2D eigenvalue weighted by Gasteiger charge is 2.20. The van der Waals surface area contributed by atoms with E-state index in [4.69, 9.17) is 0 Å².